The van der Waals surface area contributed by atoms with E-state index in [2.05, 4.69) is 8.75 Å². The molecule has 1 heterocycles. The Labute approximate surface area is 108 Å². The molecule has 0 spiro atoms. The fourth-order valence-corrected chi connectivity index (χ4v) is 2.19. The van der Waals surface area contributed by atoms with Crippen LogP contribution in [-0.4, -0.2) is 26.4 Å². The highest BCUT2D eigenvalue weighted by Gasteiger charge is 2.17. The summed E-state index contributed by atoms with van der Waals surface area (Å²) >= 11 is 0.898. The number of ether oxygens (including phenoxy) is 1. The lowest BCUT2D eigenvalue weighted by molar-refractivity contribution is 0.0692. The molecule has 1 aromatic heterocycles. The van der Waals surface area contributed by atoms with Crippen molar-refractivity contribution in [2.24, 2.45) is 0 Å². The van der Waals surface area contributed by atoms with E-state index in [1.807, 2.05) is 26.0 Å². The molecule has 18 heavy (non-hydrogen) atoms. The largest absolute Gasteiger partial charge is 0.494 e. The van der Waals surface area contributed by atoms with Gasteiger partial charge in [0.05, 0.1) is 18.3 Å². The van der Waals surface area contributed by atoms with Gasteiger partial charge >= 0.3 is 5.97 Å². The van der Waals surface area contributed by atoms with Crippen LogP contribution in [0.3, 0.4) is 0 Å². The van der Waals surface area contributed by atoms with Crippen molar-refractivity contribution < 1.29 is 14.6 Å². The second kappa shape index (κ2) is 5.14. The van der Waals surface area contributed by atoms with Crippen LogP contribution < -0.4 is 4.74 Å². The maximum absolute atomic E-state index is 11.0. The van der Waals surface area contributed by atoms with Gasteiger partial charge in [0.1, 0.15) is 11.4 Å². The van der Waals surface area contributed by atoms with Crippen LogP contribution >= 0.6 is 11.7 Å². The van der Waals surface area contributed by atoms with E-state index in [0.29, 0.717) is 12.3 Å². The molecule has 5 nitrogen and oxygen atoms in total. The molecule has 2 rings (SSSR count). The fourth-order valence-electron chi connectivity index (χ4n) is 1.63. The lowest BCUT2D eigenvalue weighted by atomic mass is 10.1. The third-order valence-corrected chi connectivity index (χ3v) is 2.97. The van der Waals surface area contributed by atoms with Crippen LogP contribution in [0.1, 0.15) is 23.0 Å². The Morgan fingerprint density at radius 3 is 2.83 bits per heavy atom. The van der Waals surface area contributed by atoms with E-state index in [4.69, 9.17) is 9.84 Å². The molecule has 0 aliphatic rings. The highest BCUT2D eigenvalue weighted by atomic mass is 32.1. The minimum absolute atomic E-state index is 0.0106. The quantitative estimate of drug-likeness (QED) is 0.919. The fraction of sp³-hybridized carbons (Fsp3) is 0.250. The van der Waals surface area contributed by atoms with Gasteiger partial charge in [-0.15, -0.1) is 0 Å². The predicted molar refractivity (Wildman–Crippen MR) is 68.2 cm³/mol. The van der Waals surface area contributed by atoms with Gasteiger partial charge in [0.15, 0.2) is 5.69 Å². The maximum Gasteiger partial charge on any atom is 0.357 e. The third kappa shape index (κ3) is 2.33. The van der Waals surface area contributed by atoms with Gasteiger partial charge in [-0.2, -0.15) is 8.75 Å². The number of benzene rings is 1. The van der Waals surface area contributed by atoms with Crippen LogP contribution in [0.5, 0.6) is 5.75 Å². The predicted octanol–water partition coefficient (Wildman–Crippen LogP) is 2.61. The molecule has 0 radical (unpaired) electrons. The van der Waals surface area contributed by atoms with E-state index in [-0.39, 0.29) is 5.69 Å². The van der Waals surface area contributed by atoms with Crippen molar-refractivity contribution in [3.8, 4) is 17.0 Å². The van der Waals surface area contributed by atoms with Crippen LogP contribution in [0.4, 0.5) is 0 Å². The molecule has 0 saturated heterocycles. The van der Waals surface area contributed by atoms with Crippen molar-refractivity contribution in [1.29, 1.82) is 0 Å². The van der Waals surface area contributed by atoms with Crippen LogP contribution in [0, 0.1) is 6.92 Å². The molecular weight excluding hydrogens is 252 g/mol. The van der Waals surface area contributed by atoms with Gasteiger partial charge in [0.2, 0.25) is 0 Å². The average molecular weight is 264 g/mol. The van der Waals surface area contributed by atoms with E-state index in [9.17, 15) is 4.79 Å². The Morgan fingerprint density at radius 2 is 2.22 bits per heavy atom. The number of aromatic carboxylic acids is 1. The van der Waals surface area contributed by atoms with Gasteiger partial charge in [-0.3, -0.25) is 0 Å². The molecule has 0 amide bonds. The number of carbonyl (C=O) groups is 1. The summed E-state index contributed by atoms with van der Waals surface area (Å²) in [6.45, 7) is 4.42. The Hall–Kier alpha value is -1.95. The highest BCUT2D eigenvalue weighted by molar-refractivity contribution is 6.99. The SMILES string of the molecule is CCOc1ccc(-c2nsnc2C(=O)O)cc1C. The second-order valence-electron chi connectivity index (χ2n) is 3.68. The van der Waals surface area contributed by atoms with E-state index in [0.717, 1.165) is 28.6 Å². The molecule has 0 atom stereocenters. The zero-order valence-corrected chi connectivity index (χ0v) is 10.8. The lowest BCUT2D eigenvalue weighted by Gasteiger charge is -2.08. The molecule has 0 unspecified atom stereocenters. The Balaban J connectivity index is 2.42. The Bertz CT molecular complexity index is 580. The Kier molecular flexibility index (Phi) is 3.57. The summed E-state index contributed by atoms with van der Waals surface area (Å²) in [5.74, 6) is -0.272. The van der Waals surface area contributed by atoms with Gasteiger partial charge in [-0.25, -0.2) is 4.79 Å². The summed E-state index contributed by atoms with van der Waals surface area (Å²) in [5, 5.41) is 9.00. The lowest BCUT2D eigenvalue weighted by Crippen LogP contribution is -1.99. The van der Waals surface area contributed by atoms with Crippen molar-refractivity contribution in [2.75, 3.05) is 6.61 Å². The zero-order valence-electron chi connectivity index (χ0n) is 10.0. The van der Waals surface area contributed by atoms with Crippen molar-refractivity contribution in [3.63, 3.8) is 0 Å². The summed E-state index contributed by atoms with van der Waals surface area (Å²) in [4.78, 5) is 11.0. The number of aryl methyl sites for hydroxylation is 1. The number of nitrogens with zero attached hydrogens (tertiary/aromatic N) is 2. The number of hydrogen-bond acceptors (Lipinski definition) is 5. The van der Waals surface area contributed by atoms with Crippen molar-refractivity contribution in [1.82, 2.24) is 8.75 Å². The number of rotatable bonds is 4. The van der Waals surface area contributed by atoms with Gasteiger partial charge in [0, 0.05) is 5.56 Å². The number of carboxylic acids is 1. The second-order valence-corrected chi connectivity index (χ2v) is 4.21. The van der Waals surface area contributed by atoms with Gasteiger partial charge in [-0.05, 0) is 37.6 Å². The normalized spacial score (nSPS) is 10.3. The first-order valence-corrected chi connectivity index (χ1v) is 6.16. The average Bonchev–Trinajstić information content (AvgIpc) is 2.81. The van der Waals surface area contributed by atoms with Gasteiger partial charge in [-0.1, -0.05) is 0 Å². The first-order chi connectivity index (χ1) is 8.63. The van der Waals surface area contributed by atoms with Crippen LogP contribution in [-0.2, 0) is 0 Å². The van der Waals surface area contributed by atoms with Crippen molar-refractivity contribution >= 4 is 17.7 Å². The van der Waals surface area contributed by atoms with Gasteiger partial charge in [0.25, 0.3) is 0 Å². The van der Waals surface area contributed by atoms with E-state index in [1.165, 1.54) is 0 Å². The molecule has 0 aliphatic heterocycles. The standard InChI is InChI=1S/C12H12N2O3S/c1-3-17-9-5-4-8(6-7(9)2)10-11(12(15)16)14-18-13-10/h4-6H,3H2,1-2H3,(H,15,16). The molecule has 1 aromatic carbocycles. The highest BCUT2D eigenvalue weighted by Crippen LogP contribution is 2.27. The summed E-state index contributed by atoms with van der Waals surface area (Å²) in [6, 6.07) is 5.47. The van der Waals surface area contributed by atoms with E-state index < -0.39 is 5.97 Å². The Morgan fingerprint density at radius 1 is 1.44 bits per heavy atom. The summed E-state index contributed by atoms with van der Waals surface area (Å²) in [5.41, 5.74) is 2.07. The van der Waals surface area contributed by atoms with Crippen LogP contribution in [0.25, 0.3) is 11.3 Å². The van der Waals surface area contributed by atoms with Crippen molar-refractivity contribution in [3.05, 3.63) is 29.5 Å². The van der Waals surface area contributed by atoms with Gasteiger partial charge < -0.3 is 9.84 Å². The zero-order chi connectivity index (χ0) is 13.1. The molecule has 0 saturated carbocycles. The van der Waals surface area contributed by atoms with Crippen LogP contribution in [0.2, 0.25) is 0 Å². The summed E-state index contributed by atoms with van der Waals surface area (Å²) < 4.78 is 13.3. The molecule has 0 bridgehead atoms. The van der Waals surface area contributed by atoms with E-state index >= 15 is 0 Å². The molecule has 94 valence electrons. The third-order valence-electron chi connectivity index (χ3n) is 2.44. The smallest absolute Gasteiger partial charge is 0.357 e. The number of hydrogen-bond donors (Lipinski definition) is 1. The molecule has 1 N–H and O–H groups in total. The first-order valence-electron chi connectivity index (χ1n) is 5.43. The molecule has 6 heteroatoms. The van der Waals surface area contributed by atoms with Crippen molar-refractivity contribution in [2.45, 2.75) is 13.8 Å². The number of aromatic nitrogens is 2. The topological polar surface area (TPSA) is 72.3 Å². The minimum atomic E-state index is -1.06. The van der Waals surface area contributed by atoms with E-state index in [1.54, 1.807) is 6.07 Å². The summed E-state index contributed by atoms with van der Waals surface area (Å²) in [7, 11) is 0. The van der Waals surface area contributed by atoms with Crippen LogP contribution in [0.15, 0.2) is 18.2 Å². The molecular formula is C12H12N2O3S. The number of carboxylic acid groups (broad SMARTS) is 1. The maximum atomic E-state index is 11.0. The monoisotopic (exact) mass is 264 g/mol. The minimum Gasteiger partial charge on any atom is -0.494 e. The molecule has 0 aliphatic carbocycles. The molecule has 2 aromatic rings. The summed E-state index contributed by atoms with van der Waals surface area (Å²) in [6.07, 6.45) is 0. The molecule has 0 fully saturated rings. The first kappa shape index (κ1) is 12.5.